The first-order chi connectivity index (χ1) is 16.0. The minimum atomic E-state index is -0.219. The Morgan fingerprint density at radius 1 is 0.909 bits per heavy atom. The topological polar surface area (TPSA) is 76.5 Å². The number of nitrogens with one attached hydrogen (secondary N) is 1. The average molecular weight is 454 g/mol. The van der Waals surface area contributed by atoms with E-state index in [9.17, 15) is 4.79 Å². The minimum Gasteiger partial charge on any atom is -0.290 e. The summed E-state index contributed by atoms with van der Waals surface area (Å²) in [5.41, 5.74) is 9.48. The fraction of sp³-hybridized carbons (Fsp3) is 0.231. The van der Waals surface area contributed by atoms with Crippen LogP contribution in [0.25, 0.3) is 39.4 Å². The van der Waals surface area contributed by atoms with Crippen LogP contribution in [-0.4, -0.2) is 23.9 Å². The molecule has 6 rings (SSSR count). The SMILES string of the molecule is Cc1nc2c(nc(C3CC3)n2-c2ccc(-c3ccccc3-c3nc(=O)s[nH]3)cc2)c(C)c1C. The Bertz CT molecular complexity index is 1570. The summed E-state index contributed by atoms with van der Waals surface area (Å²) in [6.45, 7) is 6.33. The molecule has 164 valence electrons. The smallest absolute Gasteiger partial charge is 0.290 e. The van der Waals surface area contributed by atoms with Gasteiger partial charge in [0.2, 0.25) is 0 Å². The number of imidazole rings is 1. The number of fused-ring (bicyclic) bond motifs is 1. The monoisotopic (exact) mass is 453 g/mol. The van der Waals surface area contributed by atoms with E-state index in [2.05, 4.69) is 65.0 Å². The maximum absolute atomic E-state index is 11.6. The zero-order valence-corrected chi connectivity index (χ0v) is 19.5. The highest BCUT2D eigenvalue weighted by molar-refractivity contribution is 7.03. The van der Waals surface area contributed by atoms with Gasteiger partial charge in [-0.1, -0.05) is 36.4 Å². The molecule has 0 spiro atoms. The number of aromatic nitrogens is 5. The standard InChI is InChI=1S/C26H23N5OS/c1-14-15(2)22-25(27-16(14)3)31(24(28-22)18-8-9-18)19-12-10-17(11-13-19)20-6-4-5-7-21(20)23-29-26(32)33-30-23/h4-7,10-13,18H,8-9H2,1-3H3,(H,29,30,32). The zero-order valence-electron chi connectivity index (χ0n) is 18.7. The zero-order chi connectivity index (χ0) is 22.7. The van der Waals surface area contributed by atoms with Crippen LogP contribution < -0.4 is 4.87 Å². The number of aryl methyl sites for hydroxylation is 2. The third-order valence-electron chi connectivity index (χ3n) is 6.61. The summed E-state index contributed by atoms with van der Waals surface area (Å²) in [5, 5.41) is 0. The number of benzene rings is 2. The number of pyridine rings is 1. The molecule has 0 unspecified atom stereocenters. The molecule has 0 radical (unpaired) electrons. The summed E-state index contributed by atoms with van der Waals surface area (Å²) in [5.74, 6) is 2.21. The second kappa shape index (κ2) is 7.49. The number of aromatic amines is 1. The molecular weight excluding hydrogens is 430 g/mol. The fourth-order valence-electron chi connectivity index (χ4n) is 4.42. The van der Waals surface area contributed by atoms with Gasteiger partial charge in [-0.05, 0) is 68.0 Å². The van der Waals surface area contributed by atoms with E-state index in [0.717, 1.165) is 56.6 Å². The van der Waals surface area contributed by atoms with Crippen LogP contribution in [0.15, 0.2) is 53.3 Å². The van der Waals surface area contributed by atoms with Gasteiger partial charge in [-0.2, -0.15) is 4.98 Å². The van der Waals surface area contributed by atoms with Crippen molar-refractivity contribution >= 4 is 22.7 Å². The Balaban J connectivity index is 1.48. The van der Waals surface area contributed by atoms with Crippen LogP contribution in [0.2, 0.25) is 0 Å². The summed E-state index contributed by atoms with van der Waals surface area (Å²) >= 11 is 1.01. The highest BCUT2D eigenvalue weighted by Crippen LogP contribution is 2.42. The number of nitrogens with zero attached hydrogens (tertiary/aromatic N) is 4. The van der Waals surface area contributed by atoms with Crippen LogP contribution in [0.3, 0.4) is 0 Å². The van der Waals surface area contributed by atoms with E-state index in [-0.39, 0.29) is 4.87 Å². The second-order valence-corrected chi connectivity index (χ2v) is 9.48. The third kappa shape index (κ3) is 3.31. The van der Waals surface area contributed by atoms with E-state index in [1.807, 2.05) is 18.2 Å². The van der Waals surface area contributed by atoms with Crippen LogP contribution in [0.5, 0.6) is 0 Å². The van der Waals surface area contributed by atoms with Crippen LogP contribution in [0.1, 0.15) is 41.4 Å². The Hall–Kier alpha value is -3.58. The highest BCUT2D eigenvalue weighted by Gasteiger charge is 2.31. The van der Waals surface area contributed by atoms with Gasteiger partial charge in [-0.25, -0.2) is 9.97 Å². The Morgan fingerprint density at radius 3 is 2.30 bits per heavy atom. The van der Waals surface area contributed by atoms with Crippen LogP contribution >= 0.6 is 11.5 Å². The molecule has 2 aromatic carbocycles. The van der Waals surface area contributed by atoms with E-state index < -0.39 is 0 Å². The summed E-state index contributed by atoms with van der Waals surface area (Å²) in [6, 6.07) is 16.5. The van der Waals surface area contributed by atoms with E-state index in [1.165, 1.54) is 24.0 Å². The van der Waals surface area contributed by atoms with Crippen molar-refractivity contribution in [2.24, 2.45) is 0 Å². The molecule has 0 aliphatic heterocycles. The van der Waals surface area contributed by atoms with E-state index in [4.69, 9.17) is 9.97 Å². The molecule has 0 atom stereocenters. The summed E-state index contributed by atoms with van der Waals surface area (Å²) in [4.78, 5) is 25.5. The Morgan fingerprint density at radius 2 is 1.64 bits per heavy atom. The predicted octanol–water partition coefficient (Wildman–Crippen LogP) is 5.70. The fourth-order valence-corrected chi connectivity index (χ4v) is 4.90. The van der Waals surface area contributed by atoms with Crippen molar-refractivity contribution in [3.05, 3.63) is 80.8 Å². The molecule has 3 aromatic heterocycles. The molecule has 33 heavy (non-hydrogen) atoms. The van der Waals surface area contributed by atoms with E-state index in [0.29, 0.717) is 11.7 Å². The maximum atomic E-state index is 11.6. The van der Waals surface area contributed by atoms with Crippen molar-refractivity contribution in [1.29, 1.82) is 0 Å². The largest absolute Gasteiger partial charge is 0.344 e. The summed E-state index contributed by atoms with van der Waals surface area (Å²) < 4.78 is 5.26. The second-order valence-electron chi connectivity index (χ2n) is 8.72. The van der Waals surface area contributed by atoms with Gasteiger partial charge in [0.15, 0.2) is 11.5 Å². The van der Waals surface area contributed by atoms with Crippen molar-refractivity contribution in [2.75, 3.05) is 0 Å². The van der Waals surface area contributed by atoms with Crippen molar-refractivity contribution in [3.63, 3.8) is 0 Å². The minimum absolute atomic E-state index is 0.219. The molecule has 0 saturated heterocycles. The van der Waals surface area contributed by atoms with E-state index in [1.54, 1.807) is 0 Å². The summed E-state index contributed by atoms with van der Waals surface area (Å²) in [6.07, 6.45) is 2.36. The van der Waals surface area contributed by atoms with Gasteiger partial charge >= 0.3 is 4.87 Å². The lowest BCUT2D eigenvalue weighted by atomic mass is 9.99. The normalized spacial score (nSPS) is 13.7. The molecule has 1 N–H and O–H groups in total. The van der Waals surface area contributed by atoms with Gasteiger partial charge in [0.05, 0.1) is 0 Å². The van der Waals surface area contributed by atoms with Gasteiger partial charge in [-0.15, -0.1) is 0 Å². The van der Waals surface area contributed by atoms with Crippen molar-refractivity contribution < 1.29 is 0 Å². The molecule has 1 aliphatic carbocycles. The van der Waals surface area contributed by atoms with Crippen LogP contribution in [0, 0.1) is 20.8 Å². The molecular formula is C26H23N5OS. The predicted molar refractivity (Wildman–Crippen MR) is 132 cm³/mol. The molecule has 6 nitrogen and oxygen atoms in total. The Kier molecular flexibility index (Phi) is 4.55. The van der Waals surface area contributed by atoms with Gasteiger partial charge in [0.25, 0.3) is 0 Å². The van der Waals surface area contributed by atoms with Gasteiger partial charge in [0, 0.05) is 34.4 Å². The molecule has 0 amide bonds. The van der Waals surface area contributed by atoms with Crippen molar-refractivity contribution in [2.45, 2.75) is 39.5 Å². The first-order valence-corrected chi connectivity index (χ1v) is 11.9. The van der Waals surface area contributed by atoms with Gasteiger partial charge in [-0.3, -0.25) is 13.7 Å². The average Bonchev–Trinajstić information content (AvgIpc) is 3.48. The lowest BCUT2D eigenvalue weighted by Gasteiger charge is -2.12. The number of rotatable bonds is 4. The van der Waals surface area contributed by atoms with Gasteiger partial charge in [0.1, 0.15) is 11.3 Å². The van der Waals surface area contributed by atoms with Gasteiger partial charge < -0.3 is 0 Å². The molecule has 5 aromatic rings. The molecule has 0 bridgehead atoms. The number of hydrogen-bond acceptors (Lipinski definition) is 5. The van der Waals surface area contributed by atoms with E-state index >= 15 is 0 Å². The molecule has 3 heterocycles. The molecule has 1 saturated carbocycles. The number of hydrogen-bond donors (Lipinski definition) is 1. The summed E-state index contributed by atoms with van der Waals surface area (Å²) in [7, 11) is 0. The Labute approximate surface area is 195 Å². The molecule has 1 fully saturated rings. The van der Waals surface area contributed by atoms with Crippen LogP contribution in [0.4, 0.5) is 0 Å². The first kappa shape index (κ1) is 20.1. The molecule has 1 aliphatic rings. The van der Waals surface area contributed by atoms with Crippen LogP contribution in [-0.2, 0) is 0 Å². The quantitative estimate of drug-likeness (QED) is 0.379. The number of H-pyrrole nitrogens is 1. The van der Waals surface area contributed by atoms with Crippen molar-refractivity contribution in [1.82, 2.24) is 23.9 Å². The lowest BCUT2D eigenvalue weighted by molar-refractivity contribution is 0.889. The first-order valence-electron chi connectivity index (χ1n) is 11.1. The maximum Gasteiger partial charge on any atom is 0.344 e. The molecule has 7 heteroatoms. The third-order valence-corrected chi connectivity index (χ3v) is 7.17. The lowest BCUT2D eigenvalue weighted by Crippen LogP contribution is -2.02. The van der Waals surface area contributed by atoms with Crippen molar-refractivity contribution in [3.8, 4) is 28.2 Å². The highest BCUT2D eigenvalue weighted by atomic mass is 32.1.